The van der Waals surface area contributed by atoms with Gasteiger partial charge >= 0.3 is 0 Å². The predicted octanol–water partition coefficient (Wildman–Crippen LogP) is 2.26. The molecule has 0 fully saturated rings. The molecule has 0 saturated heterocycles. The van der Waals surface area contributed by atoms with Gasteiger partial charge in [-0.2, -0.15) is 0 Å². The van der Waals surface area contributed by atoms with Gasteiger partial charge in [-0.15, -0.1) is 0 Å². The van der Waals surface area contributed by atoms with Gasteiger partial charge in [0.25, 0.3) is 5.91 Å². The molecule has 0 unspecified atom stereocenters. The van der Waals surface area contributed by atoms with Crippen LogP contribution in [0.25, 0.3) is 0 Å². The minimum absolute atomic E-state index is 0.0238. The Morgan fingerprint density at radius 2 is 2.00 bits per heavy atom. The molecule has 0 aliphatic carbocycles. The number of carbonyl (C=O) groups is 1. The fourth-order valence-electron chi connectivity index (χ4n) is 1.77. The van der Waals surface area contributed by atoms with Crippen LogP contribution in [0.3, 0.4) is 0 Å². The molecule has 0 aliphatic rings. The standard InChI is InChI=1S/C14H16N2O/c1-11-6-3-4-8-13(11)14(17)15-10-12-7-5-9-16(12)2/h3-9H,10H2,1-2H3,(H,15,17). The van der Waals surface area contributed by atoms with E-state index in [-0.39, 0.29) is 5.91 Å². The zero-order valence-corrected chi connectivity index (χ0v) is 10.1. The maximum atomic E-state index is 12.0. The number of hydrogen-bond acceptors (Lipinski definition) is 1. The van der Waals surface area contributed by atoms with Gasteiger partial charge in [0.05, 0.1) is 6.54 Å². The van der Waals surface area contributed by atoms with E-state index in [9.17, 15) is 4.79 Å². The maximum Gasteiger partial charge on any atom is 0.251 e. The van der Waals surface area contributed by atoms with Crippen LogP contribution in [-0.4, -0.2) is 10.5 Å². The normalized spacial score (nSPS) is 10.2. The molecule has 3 nitrogen and oxygen atoms in total. The molecule has 17 heavy (non-hydrogen) atoms. The highest BCUT2D eigenvalue weighted by molar-refractivity contribution is 5.95. The summed E-state index contributed by atoms with van der Waals surface area (Å²) in [6.07, 6.45) is 1.97. The maximum absolute atomic E-state index is 12.0. The number of carbonyl (C=O) groups excluding carboxylic acids is 1. The van der Waals surface area contributed by atoms with E-state index in [0.717, 1.165) is 16.8 Å². The molecule has 0 radical (unpaired) electrons. The highest BCUT2D eigenvalue weighted by Crippen LogP contribution is 2.07. The third kappa shape index (κ3) is 2.56. The van der Waals surface area contributed by atoms with Gasteiger partial charge in [0, 0.05) is 24.5 Å². The van der Waals surface area contributed by atoms with Crippen LogP contribution in [0.1, 0.15) is 21.6 Å². The van der Waals surface area contributed by atoms with Crippen molar-refractivity contribution in [1.82, 2.24) is 9.88 Å². The van der Waals surface area contributed by atoms with E-state index < -0.39 is 0 Å². The van der Waals surface area contributed by atoms with E-state index in [2.05, 4.69) is 5.32 Å². The van der Waals surface area contributed by atoms with Crippen LogP contribution in [0.4, 0.5) is 0 Å². The van der Waals surface area contributed by atoms with Crippen molar-refractivity contribution in [2.75, 3.05) is 0 Å². The molecule has 0 aliphatic heterocycles. The van der Waals surface area contributed by atoms with Crippen molar-refractivity contribution in [3.63, 3.8) is 0 Å². The number of nitrogens with one attached hydrogen (secondary N) is 1. The SMILES string of the molecule is Cc1ccccc1C(=O)NCc1cccn1C. The van der Waals surface area contributed by atoms with Crippen molar-refractivity contribution >= 4 is 5.91 Å². The minimum Gasteiger partial charge on any atom is -0.353 e. The van der Waals surface area contributed by atoms with Gasteiger partial charge in [-0.1, -0.05) is 18.2 Å². The van der Waals surface area contributed by atoms with Gasteiger partial charge in [0.15, 0.2) is 0 Å². The van der Waals surface area contributed by atoms with Crippen molar-refractivity contribution in [3.05, 3.63) is 59.4 Å². The van der Waals surface area contributed by atoms with Gasteiger partial charge in [0.1, 0.15) is 0 Å². The molecule has 1 N–H and O–H groups in total. The first-order valence-corrected chi connectivity index (χ1v) is 5.62. The molecule has 3 heteroatoms. The van der Waals surface area contributed by atoms with Gasteiger partial charge in [-0.25, -0.2) is 0 Å². The molecule has 1 aromatic heterocycles. The van der Waals surface area contributed by atoms with Crippen LogP contribution >= 0.6 is 0 Å². The second-order valence-electron chi connectivity index (χ2n) is 4.11. The van der Waals surface area contributed by atoms with Crippen molar-refractivity contribution in [2.24, 2.45) is 7.05 Å². The lowest BCUT2D eigenvalue weighted by atomic mass is 10.1. The third-order valence-corrected chi connectivity index (χ3v) is 2.87. The lowest BCUT2D eigenvalue weighted by Gasteiger charge is -2.08. The van der Waals surface area contributed by atoms with E-state index >= 15 is 0 Å². The number of benzene rings is 1. The Morgan fingerprint density at radius 3 is 2.65 bits per heavy atom. The molecule has 1 heterocycles. The minimum atomic E-state index is -0.0238. The van der Waals surface area contributed by atoms with Gasteiger partial charge < -0.3 is 9.88 Å². The summed E-state index contributed by atoms with van der Waals surface area (Å²) in [5.41, 5.74) is 2.82. The Balaban J connectivity index is 2.04. The average Bonchev–Trinajstić information content (AvgIpc) is 2.72. The molecule has 2 aromatic rings. The van der Waals surface area contributed by atoms with E-state index in [4.69, 9.17) is 0 Å². The number of aromatic nitrogens is 1. The largest absolute Gasteiger partial charge is 0.353 e. The fraction of sp³-hybridized carbons (Fsp3) is 0.214. The summed E-state index contributed by atoms with van der Waals surface area (Å²) >= 11 is 0. The van der Waals surface area contributed by atoms with E-state index in [1.165, 1.54) is 0 Å². The van der Waals surface area contributed by atoms with Gasteiger partial charge in [-0.3, -0.25) is 4.79 Å². The molecule has 2 rings (SSSR count). The number of nitrogens with zero attached hydrogens (tertiary/aromatic N) is 1. The predicted molar refractivity (Wildman–Crippen MR) is 67.8 cm³/mol. The molecule has 88 valence electrons. The molecular formula is C14H16N2O. The fourth-order valence-corrected chi connectivity index (χ4v) is 1.77. The van der Waals surface area contributed by atoms with Crippen LogP contribution in [0.2, 0.25) is 0 Å². The van der Waals surface area contributed by atoms with Crippen molar-refractivity contribution < 1.29 is 4.79 Å². The van der Waals surface area contributed by atoms with Crippen LogP contribution < -0.4 is 5.32 Å². The molecule has 0 atom stereocenters. The monoisotopic (exact) mass is 228 g/mol. The van der Waals surface area contributed by atoms with Crippen LogP contribution in [0.15, 0.2) is 42.6 Å². The van der Waals surface area contributed by atoms with Gasteiger partial charge in [-0.05, 0) is 30.7 Å². The van der Waals surface area contributed by atoms with Crippen molar-refractivity contribution in [1.29, 1.82) is 0 Å². The van der Waals surface area contributed by atoms with E-state index in [1.807, 2.05) is 61.1 Å². The molecule has 0 bridgehead atoms. The lowest BCUT2D eigenvalue weighted by Crippen LogP contribution is -2.24. The summed E-state index contributed by atoms with van der Waals surface area (Å²) < 4.78 is 2.00. The topological polar surface area (TPSA) is 34.0 Å². The smallest absolute Gasteiger partial charge is 0.251 e. The van der Waals surface area contributed by atoms with E-state index in [1.54, 1.807) is 0 Å². The van der Waals surface area contributed by atoms with Gasteiger partial charge in [0.2, 0.25) is 0 Å². The first-order chi connectivity index (χ1) is 8.18. The zero-order valence-electron chi connectivity index (χ0n) is 10.1. The molecular weight excluding hydrogens is 212 g/mol. The summed E-state index contributed by atoms with van der Waals surface area (Å²) in [5.74, 6) is -0.0238. The summed E-state index contributed by atoms with van der Waals surface area (Å²) in [7, 11) is 1.97. The highest BCUT2D eigenvalue weighted by Gasteiger charge is 2.07. The summed E-state index contributed by atoms with van der Waals surface area (Å²) in [6, 6.07) is 11.6. The number of aryl methyl sites for hydroxylation is 2. The van der Waals surface area contributed by atoms with Crippen molar-refractivity contribution in [3.8, 4) is 0 Å². The van der Waals surface area contributed by atoms with E-state index in [0.29, 0.717) is 6.54 Å². The zero-order chi connectivity index (χ0) is 12.3. The third-order valence-electron chi connectivity index (χ3n) is 2.87. The molecule has 0 saturated carbocycles. The van der Waals surface area contributed by atoms with Crippen LogP contribution in [0.5, 0.6) is 0 Å². The highest BCUT2D eigenvalue weighted by atomic mass is 16.1. The Kier molecular flexibility index (Phi) is 3.28. The molecule has 1 aromatic carbocycles. The number of hydrogen-bond donors (Lipinski definition) is 1. The average molecular weight is 228 g/mol. The van der Waals surface area contributed by atoms with Crippen LogP contribution in [-0.2, 0) is 13.6 Å². The van der Waals surface area contributed by atoms with Crippen LogP contribution in [0, 0.1) is 6.92 Å². The Hall–Kier alpha value is -2.03. The second kappa shape index (κ2) is 4.87. The molecule has 1 amide bonds. The second-order valence-corrected chi connectivity index (χ2v) is 4.11. The first kappa shape index (κ1) is 11.5. The lowest BCUT2D eigenvalue weighted by molar-refractivity contribution is 0.0949. The quantitative estimate of drug-likeness (QED) is 0.859. The summed E-state index contributed by atoms with van der Waals surface area (Å²) in [5, 5.41) is 2.92. The molecule has 0 spiro atoms. The Morgan fingerprint density at radius 1 is 1.24 bits per heavy atom. The summed E-state index contributed by atoms with van der Waals surface area (Å²) in [4.78, 5) is 12.0. The Bertz CT molecular complexity index is 529. The van der Waals surface area contributed by atoms with Crippen molar-refractivity contribution in [2.45, 2.75) is 13.5 Å². The Labute approximate surface area is 101 Å². The summed E-state index contributed by atoms with van der Waals surface area (Å²) in [6.45, 7) is 2.49. The number of rotatable bonds is 3. The number of amides is 1. The first-order valence-electron chi connectivity index (χ1n) is 5.62.